The summed E-state index contributed by atoms with van der Waals surface area (Å²) in [6.45, 7) is 2.20. The molecule has 1 unspecified atom stereocenters. The van der Waals surface area contributed by atoms with Crippen LogP contribution in [0.4, 0.5) is 34.6 Å². The molecule has 29 heavy (non-hydrogen) atoms. The minimum atomic E-state index is -4.56. The van der Waals surface area contributed by atoms with E-state index in [-0.39, 0.29) is 17.6 Å². The number of hydrogen-bond donors (Lipinski definition) is 2. The van der Waals surface area contributed by atoms with Crippen LogP contribution in [-0.4, -0.2) is 53.3 Å². The Bertz CT molecular complexity index is 936. The number of rotatable bonds is 3. The van der Waals surface area contributed by atoms with Crippen LogP contribution < -0.4 is 20.4 Å². The average molecular weight is 426 g/mol. The fourth-order valence-corrected chi connectivity index (χ4v) is 3.91. The van der Waals surface area contributed by atoms with Gasteiger partial charge in [-0.15, -0.1) is 11.3 Å². The van der Waals surface area contributed by atoms with Crippen LogP contribution in [0.15, 0.2) is 23.7 Å². The highest BCUT2D eigenvalue weighted by molar-refractivity contribution is 7.13. The van der Waals surface area contributed by atoms with Gasteiger partial charge in [-0.25, -0.2) is 14.8 Å². The van der Waals surface area contributed by atoms with E-state index in [1.165, 1.54) is 22.3 Å². The van der Waals surface area contributed by atoms with Crippen molar-refractivity contribution in [2.75, 3.05) is 28.2 Å². The van der Waals surface area contributed by atoms with E-state index in [4.69, 9.17) is 0 Å². The van der Waals surface area contributed by atoms with E-state index in [1.54, 1.807) is 17.6 Å². The largest absolute Gasteiger partial charge is 0.408 e. The maximum atomic E-state index is 12.9. The number of nitrogens with zero attached hydrogens (tertiary/aromatic N) is 4. The number of hydrogen-bond acceptors (Lipinski definition) is 6. The van der Waals surface area contributed by atoms with Crippen molar-refractivity contribution in [3.63, 3.8) is 0 Å². The summed E-state index contributed by atoms with van der Waals surface area (Å²) in [6, 6.07) is 0.369. The third-order valence-electron chi connectivity index (χ3n) is 4.89. The normalized spacial score (nSPS) is 19.0. The lowest BCUT2D eigenvalue weighted by Crippen LogP contribution is -2.48. The first kappa shape index (κ1) is 19.4. The van der Waals surface area contributed by atoms with E-state index >= 15 is 0 Å². The zero-order valence-electron chi connectivity index (χ0n) is 15.2. The van der Waals surface area contributed by atoms with Crippen molar-refractivity contribution >= 4 is 39.9 Å². The molecule has 0 radical (unpaired) electrons. The Morgan fingerprint density at radius 1 is 1.34 bits per heavy atom. The number of fused-ring (bicyclic) bond motifs is 4. The molecule has 1 saturated heterocycles. The lowest BCUT2D eigenvalue weighted by molar-refractivity contribution is -0.149. The Hall–Kier alpha value is -2.89. The first-order valence-electron chi connectivity index (χ1n) is 8.87. The maximum absolute atomic E-state index is 12.9. The summed E-state index contributed by atoms with van der Waals surface area (Å²) in [7, 11) is 0. The molecule has 2 aliphatic rings. The van der Waals surface area contributed by atoms with E-state index in [2.05, 4.69) is 15.3 Å². The summed E-state index contributed by atoms with van der Waals surface area (Å²) in [6.07, 6.45) is -2.28. The molecular weight excluding hydrogens is 409 g/mol. The molecule has 1 fully saturated rings. The van der Waals surface area contributed by atoms with Crippen LogP contribution in [0, 0.1) is 0 Å². The lowest BCUT2D eigenvalue weighted by Gasteiger charge is -2.35. The van der Waals surface area contributed by atoms with E-state index in [9.17, 15) is 22.8 Å². The molecule has 2 aromatic heterocycles. The Kier molecular flexibility index (Phi) is 4.81. The monoisotopic (exact) mass is 426 g/mol. The van der Waals surface area contributed by atoms with Crippen LogP contribution in [0.25, 0.3) is 0 Å². The highest BCUT2D eigenvalue weighted by atomic mass is 32.1. The fraction of sp³-hybridized carbons (Fsp3) is 0.412. The van der Waals surface area contributed by atoms with Gasteiger partial charge < -0.3 is 10.2 Å². The van der Waals surface area contributed by atoms with Crippen LogP contribution in [0.3, 0.4) is 0 Å². The number of carbonyl (C=O) groups is 2. The number of aromatic nitrogens is 2. The topological polar surface area (TPSA) is 90.5 Å². The minimum absolute atomic E-state index is 0.151. The third kappa shape index (κ3) is 3.71. The Labute approximate surface area is 167 Å². The molecule has 4 heterocycles. The standard InChI is InChI=1S/C17H17F3N6O2S/c1-9(17(18,19)20)22-14(27)11-2-3-12-13(23-11)26(10-4-6-25(12)8-10)16(28)24-15-21-5-7-29-15/h2-3,5,7,9-10H,4,6,8H2,1H3,(H,22,27)(H,21,24,28)/t9-,10?/m1/s1. The van der Waals surface area contributed by atoms with Crippen LogP contribution >= 0.6 is 11.3 Å². The number of halogens is 3. The van der Waals surface area contributed by atoms with E-state index in [0.717, 1.165) is 13.5 Å². The number of thiazole rings is 1. The van der Waals surface area contributed by atoms with Crippen LogP contribution in [0.1, 0.15) is 23.8 Å². The number of urea groups is 1. The second-order valence-corrected chi connectivity index (χ2v) is 7.70. The fourth-order valence-electron chi connectivity index (χ4n) is 3.39. The van der Waals surface area contributed by atoms with Crippen LogP contribution in [0.2, 0.25) is 0 Å². The minimum Gasteiger partial charge on any atom is -0.366 e. The van der Waals surface area contributed by atoms with Gasteiger partial charge in [0, 0.05) is 24.7 Å². The summed E-state index contributed by atoms with van der Waals surface area (Å²) in [5.41, 5.74) is 0.475. The summed E-state index contributed by atoms with van der Waals surface area (Å²) in [4.78, 5) is 36.9. The molecule has 12 heteroatoms. The van der Waals surface area contributed by atoms with Crippen molar-refractivity contribution < 1.29 is 22.8 Å². The molecule has 0 saturated carbocycles. The Balaban J connectivity index is 1.63. The summed E-state index contributed by atoms with van der Waals surface area (Å²) >= 11 is 1.26. The van der Waals surface area contributed by atoms with Gasteiger partial charge in [-0.1, -0.05) is 0 Å². The lowest BCUT2D eigenvalue weighted by atomic mass is 10.1. The van der Waals surface area contributed by atoms with Crippen molar-refractivity contribution in [1.82, 2.24) is 15.3 Å². The van der Waals surface area contributed by atoms with Crippen LogP contribution in [0.5, 0.6) is 0 Å². The van der Waals surface area contributed by atoms with E-state index in [0.29, 0.717) is 23.8 Å². The van der Waals surface area contributed by atoms with Gasteiger partial charge in [0.05, 0.1) is 11.7 Å². The van der Waals surface area contributed by atoms with Crippen molar-refractivity contribution in [3.05, 3.63) is 29.4 Å². The molecule has 0 aromatic carbocycles. The molecule has 0 spiro atoms. The second-order valence-electron chi connectivity index (χ2n) is 6.80. The molecule has 4 rings (SSSR count). The quantitative estimate of drug-likeness (QED) is 0.788. The second kappa shape index (κ2) is 7.17. The van der Waals surface area contributed by atoms with Crippen molar-refractivity contribution in [2.45, 2.75) is 31.6 Å². The predicted octanol–water partition coefficient (Wildman–Crippen LogP) is 2.85. The van der Waals surface area contributed by atoms with Gasteiger partial charge in [0.25, 0.3) is 5.91 Å². The zero-order valence-corrected chi connectivity index (χ0v) is 16.0. The highest BCUT2D eigenvalue weighted by Crippen LogP contribution is 2.39. The number of nitrogens with one attached hydrogen (secondary N) is 2. The molecule has 2 atom stereocenters. The number of pyridine rings is 1. The summed E-state index contributed by atoms with van der Waals surface area (Å²) in [5, 5.41) is 6.74. The first-order chi connectivity index (χ1) is 13.7. The first-order valence-corrected chi connectivity index (χ1v) is 9.75. The Morgan fingerprint density at radius 2 is 2.14 bits per heavy atom. The molecule has 2 N–H and O–H groups in total. The van der Waals surface area contributed by atoms with Crippen molar-refractivity contribution in [2.24, 2.45) is 0 Å². The van der Waals surface area contributed by atoms with Gasteiger partial charge in [0.15, 0.2) is 10.9 Å². The molecule has 0 aliphatic carbocycles. The molecule has 2 aromatic rings. The van der Waals surface area contributed by atoms with Crippen molar-refractivity contribution in [3.8, 4) is 0 Å². The van der Waals surface area contributed by atoms with Gasteiger partial charge in [-0.05, 0) is 25.5 Å². The van der Waals surface area contributed by atoms with Crippen LogP contribution in [-0.2, 0) is 0 Å². The number of carbonyl (C=O) groups excluding carboxylic acids is 2. The molecular formula is C17H17F3N6O2S. The van der Waals surface area contributed by atoms with Gasteiger partial charge >= 0.3 is 12.2 Å². The van der Waals surface area contributed by atoms with Crippen molar-refractivity contribution in [1.29, 1.82) is 0 Å². The van der Waals surface area contributed by atoms with Gasteiger partial charge in [-0.3, -0.25) is 15.0 Å². The molecule has 154 valence electrons. The highest BCUT2D eigenvalue weighted by Gasteiger charge is 2.41. The van der Waals surface area contributed by atoms with Gasteiger partial charge in [0.2, 0.25) is 0 Å². The smallest absolute Gasteiger partial charge is 0.366 e. The SMILES string of the molecule is C[C@@H](NC(=O)c1ccc2c(n1)N(C(=O)Nc1nccs1)C1CCN2C1)C(F)(F)F. The number of anilines is 3. The molecule has 2 bridgehead atoms. The average Bonchev–Trinajstić information content (AvgIpc) is 3.31. The molecule has 3 amide bonds. The molecule has 2 aliphatic heterocycles. The molecule has 8 nitrogen and oxygen atoms in total. The predicted molar refractivity (Wildman–Crippen MR) is 101 cm³/mol. The Morgan fingerprint density at radius 3 is 2.83 bits per heavy atom. The summed E-state index contributed by atoms with van der Waals surface area (Å²) < 4.78 is 38.2. The van der Waals surface area contributed by atoms with E-state index in [1.807, 2.05) is 10.2 Å². The zero-order chi connectivity index (χ0) is 20.8. The number of amides is 3. The summed E-state index contributed by atoms with van der Waals surface area (Å²) in [5.74, 6) is -0.703. The number of alkyl halides is 3. The van der Waals surface area contributed by atoms with E-state index < -0.39 is 24.2 Å². The maximum Gasteiger partial charge on any atom is 0.408 e. The third-order valence-corrected chi connectivity index (χ3v) is 5.58. The van der Waals surface area contributed by atoms with Gasteiger partial charge in [0.1, 0.15) is 11.7 Å². The van der Waals surface area contributed by atoms with Gasteiger partial charge in [-0.2, -0.15) is 13.2 Å².